The van der Waals surface area contributed by atoms with Gasteiger partial charge in [-0.2, -0.15) is 4.31 Å². The van der Waals surface area contributed by atoms with Gasteiger partial charge in [0, 0.05) is 41.1 Å². The number of hydrogen-bond acceptors (Lipinski definition) is 5. The van der Waals surface area contributed by atoms with Crippen molar-refractivity contribution >= 4 is 50.3 Å². The van der Waals surface area contributed by atoms with Gasteiger partial charge < -0.3 is 10.0 Å². The largest absolute Gasteiger partial charge is 0.478 e. The van der Waals surface area contributed by atoms with Crippen molar-refractivity contribution in [3.8, 4) is 10.4 Å². The Hall–Kier alpha value is -2.39. The molecule has 2 aliphatic rings. The minimum Gasteiger partial charge on any atom is -0.478 e. The molecule has 1 fully saturated rings. The van der Waals surface area contributed by atoms with E-state index in [2.05, 4.69) is 4.90 Å². The lowest BCUT2D eigenvalue weighted by molar-refractivity contribution is 0.0697. The highest BCUT2D eigenvalue weighted by Gasteiger charge is 2.41. The minimum atomic E-state index is -3.83. The Morgan fingerprint density at radius 2 is 1.80 bits per heavy atom. The zero-order chi connectivity index (χ0) is 24.7. The molecule has 184 valence electrons. The highest BCUT2D eigenvalue weighted by molar-refractivity contribution is 7.89. The number of benzene rings is 2. The first-order valence-corrected chi connectivity index (χ1v) is 14.4. The second-order valence-electron chi connectivity index (χ2n) is 9.24. The van der Waals surface area contributed by atoms with Gasteiger partial charge in [-0.1, -0.05) is 49.1 Å². The Morgan fingerprint density at radius 3 is 2.46 bits per heavy atom. The first-order chi connectivity index (χ1) is 16.8. The molecule has 3 aromatic rings. The zero-order valence-corrected chi connectivity index (χ0v) is 21.7. The van der Waals surface area contributed by atoms with Crippen LogP contribution in [-0.4, -0.2) is 43.4 Å². The lowest BCUT2D eigenvalue weighted by Crippen LogP contribution is -2.46. The molecule has 2 aromatic carbocycles. The van der Waals surface area contributed by atoms with E-state index >= 15 is 0 Å². The van der Waals surface area contributed by atoms with Crippen molar-refractivity contribution in [2.45, 2.75) is 43.0 Å². The van der Waals surface area contributed by atoms with Crippen molar-refractivity contribution < 1.29 is 18.3 Å². The molecule has 0 amide bonds. The quantitative estimate of drug-likeness (QED) is 0.417. The molecule has 1 saturated carbocycles. The number of sulfonamides is 1. The van der Waals surface area contributed by atoms with Gasteiger partial charge in [0.05, 0.1) is 16.3 Å². The molecule has 6 nitrogen and oxygen atoms in total. The number of rotatable bonds is 4. The van der Waals surface area contributed by atoms with Gasteiger partial charge in [-0.15, -0.1) is 11.3 Å². The number of likely N-dealkylation sites (N-methyl/N-ethyl adjacent to an activating group) is 1. The number of carboxylic acid groups (broad SMARTS) is 1. The second-order valence-corrected chi connectivity index (χ2v) is 12.5. The van der Waals surface area contributed by atoms with Gasteiger partial charge >= 0.3 is 5.97 Å². The van der Waals surface area contributed by atoms with Crippen LogP contribution in [0.3, 0.4) is 0 Å². The lowest BCUT2D eigenvalue weighted by atomic mass is 9.83. The molecular formula is C26H27ClN2O4S2. The smallest absolute Gasteiger partial charge is 0.336 e. The Kier molecular flexibility index (Phi) is 6.65. The van der Waals surface area contributed by atoms with Gasteiger partial charge in [0.15, 0.2) is 0 Å². The van der Waals surface area contributed by atoms with Crippen LogP contribution in [0.25, 0.3) is 10.4 Å². The average molecular weight is 531 g/mol. The molecule has 0 spiro atoms. The van der Waals surface area contributed by atoms with Crippen molar-refractivity contribution in [1.82, 2.24) is 4.31 Å². The van der Waals surface area contributed by atoms with E-state index in [0.717, 1.165) is 31.4 Å². The number of aromatic carboxylic acids is 1. The number of halogens is 1. The molecule has 1 atom stereocenters. The molecule has 0 unspecified atom stereocenters. The van der Waals surface area contributed by atoms with Gasteiger partial charge in [0.25, 0.3) is 0 Å². The fourth-order valence-electron chi connectivity index (χ4n) is 5.29. The van der Waals surface area contributed by atoms with Crippen molar-refractivity contribution in [1.29, 1.82) is 0 Å². The van der Waals surface area contributed by atoms with Crippen molar-refractivity contribution in [3.05, 3.63) is 64.5 Å². The number of thiophene rings is 1. The van der Waals surface area contributed by atoms with Gasteiger partial charge in [-0.05, 0) is 49.1 Å². The number of hydrogen-bond donors (Lipinski definition) is 1. The summed E-state index contributed by atoms with van der Waals surface area (Å²) in [5, 5.41) is 11.3. The Morgan fingerprint density at radius 1 is 1.09 bits per heavy atom. The van der Waals surface area contributed by atoms with Crippen LogP contribution >= 0.6 is 22.9 Å². The van der Waals surface area contributed by atoms with E-state index in [0.29, 0.717) is 27.7 Å². The van der Waals surface area contributed by atoms with Crippen LogP contribution in [0.2, 0.25) is 5.02 Å². The maximum absolute atomic E-state index is 14.0. The van der Waals surface area contributed by atoms with E-state index in [9.17, 15) is 18.3 Å². The number of carbonyl (C=O) groups is 1. The van der Waals surface area contributed by atoms with E-state index in [1.807, 2.05) is 30.3 Å². The van der Waals surface area contributed by atoms with Crippen LogP contribution in [0.1, 0.15) is 42.5 Å². The van der Waals surface area contributed by atoms with E-state index in [4.69, 9.17) is 11.6 Å². The number of carboxylic acids is 1. The molecule has 0 radical (unpaired) electrons. The standard InChI is InChI=1S/C26H27ClN2O4S2/c1-28-23(17-8-4-2-5-9-17)15-29(19-10-6-3-7-11-19)22-14-21(27)20(13-25(22)35(28,32)33)24-12-18(16-34-24)26(30)31/h3,6-7,10-14,16-17,23H,2,4-5,8-9,15H2,1H3,(H,30,31)/t23-/m0/s1. The summed E-state index contributed by atoms with van der Waals surface area (Å²) in [7, 11) is -2.14. The lowest BCUT2D eigenvalue weighted by Gasteiger charge is -2.36. The van der Waals surface area contributed by atoms with Gasteiger partial charge in [-0.3, -0.25) is 0 Å². The summed E-state index contributed by atoms with van der Waals surface area (Å²) in [6.07, 6.45) is 5.47. The number of anilines is 2. The van der Waals surface area contributed by atoms with Crippen LogP contribution in [0.15, 0.2) is 58.8 Å². The summed E-state index contributed by atoms with van der Waals surface area (Å²) in [5.74, 6) is -0.745. The third-order valence-electron chi connectivity index (χ3n) is 7.21. The highest BCUT2D eigenvalue weighted by atomic mass is 35.5. The van der Waals surface area contributed by atoms with Crippen LogP contribution in [0, 0.1) is 5.92 Å². The summed E-state index contributed by atoms with van der Waals surface area (Å²) in [5.41, 5.74) is 2.13. The second kappa shape index (κ2) is 9.58. The van der Waals surface area contributed by atoms with E-state index < -0.39 is 16.0 Å². The Bertz CT molecular complexity index is 1350. The number of fused-ring (bicyclic) bond motifs is 1. The average Bonchev–Trinajstić information content (AvgIpc) is 3.33. The number of para-hydroxylation sites is 1. The molecule has 1 aliphatic heterocycles. The van der Waals surface area contributed by atoms with Crippen LogP contribution in [0.4, 0.5) is 11.4 Å². The summed E-state index contributed by atoms with van der Waals surface area (Å²) in [6, 6.07) is 14.5. The van der Waals surface area contributed by atoms with E-state index in [1.54, 1.807) is 23.5 Å². The molecule has 5 rings (SSSR count). The minimum absolute atomic E-state index is 0.152. The monoisotopic (exact) mass is 530 g/mol. The predicted octanol–water partition coefficient (Wildman–Crippen LogP) is 6.49. The molecule has 2 heterocycles. The third kappa shape index (κ3) is 4.48. The topological polar surface area (TPSA) is 77.9 Å². The van der Waals surface area contributed by atoms with Crippen LogP contribution in [-0.2, 0) is 10.0 Å². The van der Waals surface area contributed by atoms with Gasteiger partial charge in [0.2, 0.25) is 10.0 Å². The third-order valence-corrected chi connectivity index (χ3v) is 10.4. The molecule has 9 heteroatoms. The fourth-order valence-corrected chi connectivity index (χ4v) is 8.13. The molecule has 0 bridgehead atoms. The molecule has 0 saturated heterocycles. The molecule has 35 heavy (non-hydrogen) atoms. The molecule has 1 aliphatic carbocycles. The normalized spacial score (nSPS) is 20.9. The highest BCUT2D eigenvalue weighted by Crippen LogP contribution is 2.45. The summed E-state index contributed by atoms with van der Waals surface area (Å²) < 4.78 is 29.6. The molecule has 1 aromatic heterocycles. The van der Waals surface area contributed by atoms with E-state index in [-0.39, 0.29) is 22.4 Å². The molecule has 1 N–H and O–H groups in total. The zero-order valence-electron chi connectivity index (χ0n) is 19.4. The Balaban J connectivity index is 1.69. The van der Waals surface area contributed by atoms with Crippen molar-refractivity contribution in [2.24, 2.45) is 5.92 Å². The first-order valence-electron chi connectivity index (χ1n) is 11.7. The maximum Gasteiger partial charge on any atom is 0.336 e. The van der Waals surface area contributed by atoms with Crippen LogP contribution < -0.4 is 4.90 Å². The van der Waals surface area contributed by atoms with Crippen molar-refractivity contribution in [2.75, 3.05) is 18.5 Å². The van der Waals surface area contributed by atoms with Crippen molar-refractivity contribution in [3.63, 3.8) is 0 Å². The first kappa shape index (κ1) is 24.3. The van der Waals surface area contributed by atoms with Gasteiger partial charge in [-0.25, -0.2) is 13.2 Å². The summed E-state index contributed by atoms with van der Waals surface area (Å²) in [6.45, 7) is 0.537. The Labute approximate surface area is 214 Å². The SMILES string of the molecule is CN1[C@H](C2CCCCC2)CN(c2ccccc2)c2cc(Cl)c(-c3cc(C(=O)O)cs3)cc2S1(=O)=O. The fraction of sp³-hybridized carbons (Fsp3) is 0.346. The van der Waals surface area contributed by atoms with Gasteiger partial charge in [0.1, 0.15) is 4.90 Å². The molecular weight excluding hydrogens is 504 g/mol. The summed E-state index contributed by atoms with van der Waals surface area (Å²) >= 11 is 7.96. The number of nitrogens with zero attached hydrogens (tertiary/aromatic N) is 2. The summed E-state index contributed by atoms with van der Waals surface area (Å²) in [4.78, 5) is 14.3. The maximum atomic E-state index is 14.0. The predicted molar refractivity (Wildman–Crippen MR) is 140 cm³/mol. The van der Waals surface area contributed by atoms with E-state index in [1.165, 1.54) is 29.2 Å². The van der Waals surface area contributed by atoms with Crippen LogP contribution in [0.5, 0.6) is 0 Å².